The van der Waals surface area contributed by atoms with Crippen molar-refractivity contribution in [3.8, 4) is 5.75 Å². The van der Waals surface area contributed by atoms with E-state index in [9.17, 15) is 18.0 Å². The second-order valence-corrected chi connectivity index (χ2v) is 7.07. The summed E-state index contributed by atoms with van der Waals surface area (Å²) in [6.07, 6.45) is -3.56. The Bertz CT molecular complexity index is 1030. The molecule has 0 saturated carbocycles. The van der Waals surface area contributed by atoms with Crippen molar-refractivity contribution < 1.29 is 22.7 Å². The van der Waals surface area contributed by atoms with Gasteiger partial charge in [0, 0.05) is 32.4 Å². The minimum Gasteiger partial charge on any atom is -0.484 e. The van der Waals surface area contributed by atoms with Crippen LogP contribution in [0.1, 0.15) is 5.56 Å². The van der Waals surface area contributed by atoms with Crippen LogP contribution in [0.2, 0.25) is 0 Å². The van der Waals surface area contributed by atoms with Gasteiger partial charge in [-0.1, -0.05) is 30.3 Å². The van der Waals surface area contributed by atoms with E-state index in [2.05, 4.69) is 4.98 Å². The van der Waals surface area contributed by atoms with Crippen LogP contribution in [0.15, 0.2) is 60.8 Å². The Labute approximate surface area is 171 Å². The van der Waals surface area contributed by atoms with E-state index in [0.29, 0.717) is 37.7 Å². The fourth-order valence-corrected chi connectivity index (χ4v) is 3.42. The van der Waals surface area contributed by atoms with Crippen molar-refractivity contribution in [2.45, 2.75) is 6.18 Å². The molecule has 1 aliphatic rings. The first-order valence-corrected chi connectivity index (χ1v) is 9.58. The van der Waals surface area contributed by atoms with Gasteiger partial charge in [0.05, 0.1) is 5.56 Å². The van der Waals surface area contributed by atoms with Crippen molar-refractivity contribution in [1.82, 2.24) is 9.88 Å². The lowest BCUT2D eigenvalue weighted by molar-refractivity contribution is -0.138. The van der Waals surface area contributed by atoms with Crippen LogP contribution in [-0.4, -0.2) is 48.6 Å². The Balaban J connectivity index is 1.29. The highest BCUT2D eigenvalue weighted by atomic mass is 19.4. The molecule has 1 aromatic heterocycles. The third-order valence-electron chi connectivity index (χ3n) is 5.11. The second kappa shape index (κ2) is 8.22. The Kier molecular flexibility index (Phi) is 5.48. The first-order valence-electron chi connectivity index (χ1n) is 9.58. The average molecular weight is 415 g/mol. The fraction of sp³-hybridized carbons (Fsp3) is 0.273. The molecule has 3 aromatic rings. The first kappa shape index (κ1) is 20.0. The second-order valence-electron chi connectivity index (χ2n) is 7.07. The number of carbonyl (C=O) groups excluding carboxylic acids is 1. The van der Waals surface area contributed by atoms with Crippen molar-refractivity contribution in [3.63, 3.8) is 0 Å². The lowest BCUT2D eigenvalue weighted by Gasteiger charge is -2.35. The van der Waals surface area contributed by atoms with E-state index in [-0.39, 0.29) is 12.5 Å². The number of anilines is 1. The fourth-order valence-electron chi connectivity index (χ4n) is 3.42. The molecule has 0 aliphatic carbocycles. The molecule has 156 valence electrons. The summed E-state index contributed by atoms with van der Waals surface area (Å²) in [5, 5.41) is 2.14. The minimum absolute atomic E-state index is 0.0587. The van der Waals surface area contributed by atoms with E-state index < -0.39 is 11.7 Å². The number of hydrogen-bond acceptors (Lipinski definition) is 4. The molecular weight excluding hydrogens is 395 g/mol. The van der Waals surface area contributed by atoms with Crippen LogP contribution in [0.3, 0.4) is 0 Å². The molecule has 1 aliphatic heterocycles. The molecule has 8 heteroatoms. The van der Waals surface area contributed by atoms with Crippen molar-refractivity contribution in [2.24, 2.45) is 0 Å². The van der Waals surface area contributed by atoms with Crippen LogP contribution in [0.4, 0.5) is 19.0 Å². The van der Waals surface area contributed by atoms with Gasteiger partial charge in [0.2, 0.25) is 0 Å². The number of piperazine rings is 1. The first-order chi connectivity index (χ1) is 14.4. The molecule has 0 spiro atoms. The highest BCUT2D eigenvalue weighted by molar-refractivity contribution is 5.84. The number of hydrogen-bond donors (Lipinski definition) is 0. The van der Waals surface area contributed by atoms with E-state index in [0.717, 1.165) is 23.0 Å². The van der Waals surface area contributed by atoms with E-state index in [1.807, 2.05) is 47.4 Å². The number of pyridine rings is 1. The van der Waals surface area contributed by atoms with Crippen LogP contribution in [-0.2, 0) is 11.0 Å². The number of benzene rings is 2. The smallest absolute Gasteiger partial charge is 0.417 e. The van der Waals surface area contributed by atoms with Gasteiger partial charge in [-0.05, 0) is 35.0 Å². The summed E-state index contributed by atoms with van der Waals surface area (Å²) in [6, 6.07) is 16.0. The zero-order valence-corrected chi connectivity index (χ0v) is 16.1. The summed E-state index contributed by atoms with van der Waals surface area (Å²) in [5.41, 5.74) is -0.772. The van der Waals surface area contributed by atoms with E-state index in [1.165, 1.54) is 6.07 Å². The predicted molar refractivity (Wildman–Crippen MR) is 107 cm³/mol. The molecule has 0 N–H and O–H groups in total. The zero-order valence-electron chi connectivity index (χ0n) is 16.1. The topological polar surface area (TPSA) is 45.7 Å². The molecule has 5 nitrogen and oxygen atoms in total. The van der Waals surface area contributed by atoms with Crippen molar-refractivity contribution >= 4 is 22.5 Å². The van der Waals surface area contributed by atoms with Crippen LogP contribution in [0.5, 0.6) is 5.75 Å². The zero-order chi connectivity index (χ0) is 21.1. The molecule has 0 bridgehead atoms. The minimum atomic E-state index is -4.40. The quantitative estimate of drug-likeness (QED) is 0.647. The number of rotatable bonds is 4. The van der Waals surface area contributed by atoms with Crippen LogP contribution in [0, 0.1) is 0 Å². The predicted octanol–water partition coefficient (Wildman–Crippen LogP) is 3.98. The molecule has 1 amide bonds. The van der Waals surface area contributed by atoms with Gasteiger partial charge in [-0.15, -0.1) is 0 Å². The molecule has 2 heterocycles. The van der Waals surface area contributed by atoms with E-state index in [4.69, 9.17) is 4.74 Å². The molecule has 0 atom stereocenters. The monoisotopic (exact) mass is 415 g/mol. The number of ether oxygens (including phenoxy) is 1. The molecule has 0 unspecified atom stereocenters. The molecule has 1 fully saturated rings. The molecule has 0 radical (unpaired) electrons. The Morgan fingerprint density at radius 2 is 1.70 bits per heavy atom. The van der Waals surface area contributed by atoms with Crippen molar-refractivity contribution in [1.29, 1.82) is 0 Å². The number of fused-ring (bicyclic) bond motifs is 1. The highest BCUT2D eigenvalue weighted by Gasteiger charge is 2.31. The van der Waals surface area contributed by atoms with Crippen LogP contribution < -0.4 is 9.64 Å². The van der Waals surface area contributed by atoms with Crippen molar-refractivity contribution in [3.05, 3.63) is 66.4 Å². The largest absolute Gasteiger partial charge is 0.484 e. The van der Waals surface area contributed by atoms with Gasteiger partial charge in [-0.2, -0.15) is 13.2 Å². The number of halogens is 3. The lowest BCUT2D eigenvalue weighted by Crippen LogP contribution is -2.50. The number of alkyl halides is 3. The maximum Gasteiger partial charge on any atom is 0.417 e. The molecule has 1 saturated heterocycles. The third-order valence-corrected chi connectivity index (χ3v) is 5.11. The summed E-state index contributed by atoms with van der Waals surface area (Å²) >= 11 is 0. The average Bonchev–Trinajstić information content (AvgIpc) is 2.77. The molecular formula is C22H20F3N3O2. The number of carbonyl (C=O) groups is 1. The molecule has 4 rings (SSSR count). The SMILES string of the molecule is O=C(COc1ccc2ccccc2c1)N1CCN(c2ccc(C(F)(F)F)cn2)CC1. The van der Waals surface area contributed by atoms with Gasteiger partial charge in [0.1, 0.15) is 11.6 Å². The molecule has 30 heavy (non-hydrogen) atoms. The lowest BCUT2D eigenvalue weighted by atomic mass is 10.1. The summed E-state index contributed by atoms with van der Waals surface area (Å²) in [5.74, 6) is 0.986. The maximum atomic E-state index is 12.7. The van der Waals surface area contributed by atoms with Crippen LogP contribution >= 0.6 is 0 Å². The van der Waals surface area contributed by atoms with Gasteiger partial charge < -0.3 is 14.5 Å². The number of nitrogens with zero attached hydrogens (tertiary/aromatic N) is 3. The summed E-state index contributed by atoms with van der Waals surface area (Å²) in [7, 11) is 0. The van der Waals surface area contributed by atoms with Gasteiger partial charge in [-0.25, -0.2) is 4.98 Å². The van der Waals surface area contributed by atoms with Gasteiger partial charge in [0.25, 0.3) is 5.91 Å². The third kappa shape index (κ3) is 4.48. The Hall–Kier alpha value is -3.29. The maximum absolute atomic E-state index is 12.7. The van der Waals surface area contributed by atoms with Gasteiger partial charge in [0.15, 0.2) is 6.61 Å². The van der Waals surface area contributed by atoms with Crippen molar-refractivity contribution in [2.75, 3.05) is 37.7 Å². The number of amides is 1. The Morgan fingerprint density at radius 3 is 2.37 bits per heavy atom. The number of aromatic nitrogens is 1. The Morgan fingerprint density at radius 1 is 0.967 bits per heavy atom. The van der Waals surface area contributed by atoms with Gasteiger partial charge >= 0.3 is 6.18 Å². The van der Waals surface area contributed by atoms with Gasteiger partial charge in [-0.3, -0.25) is 4.79 Å². The highest BCUT2D eigenvalue weighted by Crippen LogP contribution is 2.29. The standard InChI is InChI=1S/C22H20F3N3O2/c23-22(24,25)18-6-8-20(26-14-18)27-9-11-28(12-10-27)21(29)15-30-19-7-5-16-3-1-2-4-17(16)13-19/h1-8,13-14H,9-12,15H2. The summed E-state index contributed by atoms with van der Waals surface area (Å²) in [6.45, 7) is 1.86. The normalized spacial score (nSPS) is 14.8. The summed E-state index contributed by atoms with van der Waals surface area (Å²) < 4.78 is 43.7. The van der Waals surface area contributed by atoms with E-state index >= 15 is 0 Å². The van der Waals surface area contributed by atoms with E-state index in [1.54, 1.807) is 4.90 Å². The molecule has 2 aromatic carbocycles. The van der Waals surface area contributed by atoms with Crippen LogP contribution in [0.25, 0.3) is 10.8 Å². The summed E-state index contributed by atoms with van der Waals surface area (Å²) in [4.78, 5) is 20.0.